The van der Waals surface area contributed by atoms with Crippen LogP contribution in [0.5, 0.6) is 0 Å². The minimum Gasteiger partial charge on any atom is -0.228 e. The maximum atomic E-state index is 5.37. The second kappa shape index (κ2) is 14.4. The Hall–Kier alpha value is -7.42. The first-order chi connectivity index (χ1) is 27.7. The number of hydrogen-bond donors (Lipinski definition) is 0. The number of fused-ring (bicyclic) bond motifs is 2. The zero-order valence-corrected chi connectivity index (χ0v) is 30.7. The third-order valence-electron chi connectivity index (χ3n) is 10.6. The van der Waals surface area contributed by atoms with Gasteiger partial charge in [-0.1, -0.05) is 170 Å². The molecule has 0 aliphatic carbocycles. The maximum absolute atomic E-state index is 5.37. The number of aromatic nitrogens is 2. The van der Waals surface area contributed by atoms with Gasteiger partial charge in [0.05, 0.1) is 11.2 Å². The summed E-state index contributed by atoms with van der Waals surface area (Å²) in [7, 11) is 0. The molecule has 0 unspecified atom stereocenters. The number of benzene rings is 9. The van der Waals surface area contributed by atoms with E-state index in [2.05, 4.69) is 212 Å². The Morgan fingerprint density at radius 3 is 1.32 bits per heavy atom. The van der Waals surface area contributed by atoms with E-state index in [4.69, 9.17) is 9.97 Å². The second-order valence-electron chi connectivity index (χ2n) is 14.2. The van der Waals surface area contributed by atoms with E-state index >= 15 is 0 Å². The molecule has 0 amide bonds. The lowest BCUT2D eigenvalue weighted by molar-refractivity contribution is 1.23. The van der Waals surface area contributed by atoms with Gasteiger partial charge < -0.3 is 0 Å². The Morgan fingerprint density at radius 2 is 0.714 bits per heavy atom. The number of hydrogen-bond acceptors (Lipinski definition) is 2. The average Bonchev–Trinajstić information content (AvgIpc) is 3.29. The number of rotatable bonds is 7. The van der Waals surface area contributed by atoms with E-state index in [-0.39, 0.29) is 0 Å². The predicted octanol–water partition coefficient (Wildman–Crippen LogP) is 14.5. The van der Waals surface area contributed by atoms with Crippen molar-refractivity contribution in [3.05, 3.63) is 218 Å². The van der Waals surface area contributed by atoms with Crippen molar-refractivity contribution < 1.29 is 0 Å². The molecule has 0 aliphatic heterocycles. The molecule has 262 valence electrons. The fourth-order valence-corrected chi connectivity index (χ4v) is 7.83. The first-order valence-corrected chi connectivity index (χ1v) is 19.1. The molecule has 2 nitrogen and oxygen atoms in total. The van der Waals surface area contributed by atoms with Gasteiger partial charge in [0.15, 0.2) is 5.82 Å². The van der Waals surface area contributed by atoms with Crippen molar-refractivity contribution in [1.82, 2.24) is 9.97 Å². The summed E-state index contributed by atoms with van der Waals surface area (Å²) in [6.45, 7) is 0. The largest absolute Gasteiger partial charge is 0.228 e. The monoisotopic (exact) mass is 712 g/mol. The molecule has 0 aliphatic rings. The molecule has 2 heteroatoms. The smallest absolute Gasteiger partial charge is 0.160 e. The Morgan fingerprint density at radius 1 is 0.250 bits per heavy atom. The van der Waals surface area contributed by atoms with Gasteiger partial charge in [-0.05, 0) is 115 Å². The molecule has 9 aromatic carbocycles. The zero-order chi connectivity index (χ0) is 37.3. The molecule has 56 heavy (non-hydrogen) atoms. The van der Waals surface area contributed by atoms with Crippen molar-refractivity contribution in [2.45, 2.75) is 0 Å². The van der Waals surface area contributed by atoms with E-state index in [0.29, 0.717) is 5.82 Å². The fourth-order valence-electron chi connectivity index (χ4n) is 7.83. The van der Waals surface area contributed by atoms with Gasteiger partial charge >= 0.3 is 0 Å². The molecule has 0 saturated carbocycles. The molecule has 0 spiro atoms. The maximum Gasteiger partial charge on any atom is 0.160 e. The van der Waals surface area contributed by atoms with Crippen LogP contribution in [0.1, 0.15) is 0 Å². The highest BCUT2D eigenvalue weighted by atomic mass is 14.9. The molecule has 0 radical (unpaired) electrons. The van der Waals surface area contributed by atoms with Crippen LogP contribution in [0, 0.1) is 0 Å². The van der Waals surface area contributed by atoms with Crippen molar-refractivity contribution in [3.8, 4) is 78.3 Å². The van der Waals surface area contributed by atoms with Gasteiger partial charge in [0.1, 0.15) is 0 Å². The van der Waals surface area contributed by atoms with E-state index < -0.39 is 0 Å². The second-order valence-corrected chi connectivity index (χ2v) is 14.2. The van der Waals surface area contributed by atoms with E-state index in [0.717, 1.165) is 61.1 Å². The lowest BCUT2D eigenvalue weighted by Gasteiger charge is -2.16. The topological polar surface area (TPSA) is 25.8 Å². The van der Waals surface area contributed by atoms with Crippen molar-refractivity contribution in [2.75, 3.05) is 0 Å². The van der Waals surface area contributed by atoms with E-state index in [9.17, 15) is 0 Å². The predicted molar refractivity (Wildman–Crippen MR) is 235 cm³/mol. The lowest BCUT2D eigenvalue weighted by Crippen LogP contribution is -1.97. The third kappa shape index (κ3) is 6.44. The van der Waals surface area contributed by atoms with Crippen LogP contribution in [0.4, 0.5) is 0 Å². The zero-order valence-electron chi connectivity index (χ0n) is 30.7. The summed E-state index contributed by atoms with van der Waals surface area (Å²) < 4.78 is 0. The van der Waals surface area contributed by atoms with Gasteiger partial charge in [0.2, 0.25) is 0 Å². The fraction of sp³-hybridized carbons (Fsp3) is 0. The molecule has 0 saturated heterocycles. The molecule has 0 bridgehead atoms. The minimum absolute atomic E-state index is 0.689. The summed E-state index contributed by atoms with van der Waals surface area (Å²) in [6, 6.07) is 77.8. The van der Waals surface area contributed by atoms with Gasteiger partial charge in [-0.2, -0.15) is 0 Å². The summed E-state index contributed by atoms with van der Waals surface area (Å²) in [6.07, 6.45) is 0. The van der Waals surface area contributed by atoms with Crippen molar-refractivity contribution in [1.29, 1.82) is 0 Å². The molecule has 0 N–H and O–H groups in total. The highest BCUT2D eigenvalue weighted by Gasteiger charge is 2.17. The van der Waals surface area contributed by atoms with Crippen LogP contribution >= 0.6 is 0 Å². The number of nitrogens with zero attached hydrogens (tertiary/aromatic N) is 2. The van der Waals surface area contributed by atoms with Crippen molar-refractivity contribution >= 4 is 21.7 Å². The molecular weight excluding hydrogens is 677 g/mol. The highest BCUT2D eigenvalue weighted by molar-refractivity contribution is 5.99. The van der Waals surface area contributed by atoms with Crippen LogP contribution in [0.2, 0.25) is 0 Å². The van der Waals surface area contributed by atoms with Crippen LogP contribution < -0.4 is 0 Å². The molecule has 0 atom stereocenters. The van der Waals surface area contributed by atoms with Crippen LogP contribution in [0.15, 0.2) is 218 Å². The summed E-state index contributed by atoms with van der Waals surface area (Å²) in [5, 5.41) is 3.48. The molecular formula is C54H36N2. The summed E-state index contributed by atoms with van der Waals surface area (Å²) in [5.74, 6) is 0.689. The minimum atomic E-state index is 0.689. The van der Waals surface area contributed by atoms with Crippen molar-refractivity contribution in [2.24, 2.45) is 0 Å². The summed E-state index contributed by atoms with van der Waals surface area (Å²) in [5.41, 5.74) is 15.3. The normalized spacial score (nSPS) is 11.2. The van der Waals surface area contributed by atoms with Gasteiger partial charge in [0, 0.05) is 16.5 Å². The van der Waals surface area contributed by atoms with Gasteiger partial charge in [-0.15, -0.1) is 0 Å². The molecule has 1 aromatic heterocycles. The Kier molecular flexibility index (Phi) is 8.55. The molecule has 10 aromatic rings. The van der Waals surface area contributed by atoms with Gasteiger partial charge in [0.25, 0.3) is 0 Å². The van der Waals surface area contributed by atoms with Crippen LogP contribution in [0.25, 0.3) is 100.0 Å². The molecule has 0 fully saturated rings. The average molecular weight is 713 g/mol. The highest BCUT2D eigenvalue weighted by Crippen LogP contribution is 2.39. The van der Waals surface area contributed by atoms with Crippen LogP contribution in [0.3, 0.4) is 0 Å². The van der Waals surface area contributed by atoms with E-state index in [1.54, 1.807) is 0 Å². The summed E-state index contributed by atoms with van der Waals surface area (Å²) in [4.78, 5) is 10.7. The van der Waals surface area contributed by atoms with Gasteiger partial charge in [-0.3, -0.25) is 0 Å². The van der Waals surface area contributed by atoms with Crippen molar-refractivity contribution in [3.63, 3.8) is 0 Å². The standard InChI is InChI=1S/C54H36N2/c1-5-16-37(17-6-1)42-28-29-51-52(36-42)55-54(56-53(51)41-23-11-4-12-24-41)48-34-44(39-20-9-3-10-21-39)31-46(35-48)45-30-43(38-18-7-2-8-19-38)32-47(33-45)50-27-15-25-40-22-13-14-26-49(40)50/h1-36H. The third-order valence-corrected chi connectivity index (χ3v) is 10.6. The van der Waals surface area contributed by atoms with E-state index in [1.165, 1.54) is 33.0 Å². The molecule has 10 rings (SSSR count). The Bertz CT molecular complexity index is 2990. The summed E-state index contributed by atoms with van der Waals surface area (Å²) >= 11 is 0. The quantitative estimate of drug-likeness (QED) is 0.164. The first-order valence-electron chi connectivity index (χ1n) is 19.1. The molecule has 1 heterocycles. The lowest BCUT2D eigenvalue weighted by atomic mass is 9.89. The SMILES string of the molecule is c1ccc(-c2cc(-c3cc(-c4ccccc4)cc(-c4cccc5ccccc45)c3)cc(-c3nc(-c4ccccc4)c4ccc(-c5ccccc5)cc4n3)c2)cc1. The van der Waals surface area contributed by atoms with Crippen LogP contribution in [-0.2, 0) is 0 Å². The Labute approximate surface area is 327 Å². The first kappa shape index (κ1) is 33.2. The van der Waals surface area contributed by atoms with Gasteiger partial charge in [-0.25, -0.2) is 9.97 Å². The Balaban J connectivity index is 1.22. The van der Waals surface area contributed by atoms with Crippen LogP contribution in [-0.4, -0.2) is 9.97 Å². The van der Waals surface area contributed by atoms with E-state index in [1.807, 2.05) is 6.07 Å².